The number of ether oxygens (including phenoxy) is 1. The second-order valence-electron chi connectivity index (χ2n) is 2.73. The zero-order chi connectivity index (χ0) is 8.93. The van der Waals surface area contributed by atoms with Gasteiger partial charge in [-0.25, -0.2) is 0 Å². The van der Waals surface area contributed by atoms with Gasteiger partial charge in [0.05, 0.1) is 0 Å². The molecule has 66 valence electrons. The van der Waals surface area contributed by atoms with Crippen molar-refractivity contribution in [2.45, 2.75) is 0 Å². The largest absolute Gasteiger partial charge is 1.00 e. The fraction of sp³-hybridized carbons (Fsp3) is 0. The molecule has 14 heavy (non-hydrogen) atoms. The molecular weight excluding hydrogens is 199 g/mol. The fourth-order valence-electron chi connectivity index (χ4n) is 1.11. The first-order valence-electron chi connectivity index (χ1n) is 4.23. The molecule has 0 atom stereocenters. The third-order valence-corrected chi connectivity index (χ3v) is 1.72. The molecule has 0 aliphatic rings. The van der Waals surface area contributed by atoms with Gasteiger partial charge in [-0.05, 0) is 24.3 Å². The van der Waals surface area contributed by atoms with E-state index in [4.69, 9.17) is 4.74 Å². The van der Waals surface area contributed by atoms with Crippen LogP contribution in [0.3, 0.4) is 0 Å². The van der Waals surface area contributed by atoms with Crippen LogP contribution >= 0.6 is 0 Å². The zero-order valence-corrected chi connectivity index (χ0v) is 11.3. The Bertz CT molecular complexity index is 326. The Morgan fingerprint density at radius 2 is 1.00 bits per heavy atom. The van der Waals surface area contributed by atoms with Crippen LogP contribution in [0.4, 0.5) is 0 Å². The van der Waals surface area contributed by atoms with Crippen LogP contribution in [-0.2, 0) is 0 Å². The van der Waals surface area contributed by atoms with E-state index in [0.29, 0.717) is 0 Å². The van der Waals surface area contributed by atoms with Crippen LogP contribution in [0.5, 0.6) is 11.5 Å². The summed E-state index contributed by atoms with van der Waals surface area (Å²) in [6.45, 7) is 0. The third kappa shape index (κ3) is 3.56. The number of benzene rings is 2. The Morgan fingerprint density at radius 3 is 1.36 bits per heavy atom. The molecule has 2 aromatic carbocycles. The van der Waals surface area contributed by atoms with Gasteiger partial charge in [0.25, 0.3) is 0 Å². The summed E-state index contributed by atoms with van der Waals surface area (Å²) in [7, 11) is 0. The Hall–Kier alpha value is -0.124. The zero-order valence-electron chi connectivity index (χ0n) is 9.18. The molecule has 2 aromatic rings. The number of hydrogen-bond acceptors (Lipinski definition) is 1. The van der Waals surface area contributed by atoms with E-state index in [-0.39, 0.29) is 52.8 Å². The van der Waals surface area contributed by atoms with Crippen molar-refractivity contribution >= 4 is 0 Å². The maximum Gasteiger partial charge on any atom is 1.00 e. The average Bonchev–Trinajstić information content (AvgIpc) is 2.21. The Morgan fingerprint density at radius 1 is 0.643 bits per heavy atom. The van der Waals surface area contributed by atoms with Crippen molar-refractivity contribution in [3.8, 4) is 11.5 Å². The van der Waals surface area contributed by atoms with Crippen LogP contribution in [0.25, 0.3) is 0 Å². The number of hydrogen-bond donors (Lipinski definition) is 0. The second kappa shape index (κ2) is 6.38. The quantitative estimate of drug-likeness (QED) is 0.659. The normalized spacial score (nSPS) is 8.86. The Balaban J connectivity index is 0.000000980. The second-order valence-corrected chi connectivity index (χ2v) is 2.73. The summed E-state index contributed by atoms with van der Waals surface area (Å²) >= 11 is 0. The van der Waals surface area contributed by atoms with E-state index in [0.717, 1.165) is 11.5 Å². The summed E-state index contributed by atoms with van der Waals surface area (Å²) in [5.74, 6) is 1.74. The van der Waals surface area contributed by atoms with Crippen LogP contribution < -0.4 is 56.1 Å². The molecule has 0 radical (unpaired) electrons. The summed E-state index contributed by atoms with van der Waals surface area (Å²) < 4.78 is 5.58. The van der Waals surface area contributed by atoms with E-state index in [9.17, 15) is 0 Å². The van der Waals surface area contributed by atoms with Crippen LogP contribution in [0.1, 0.15) is 1.43 Å². The molecule has 2 rings (SSSR count). The maximum atomic E-state index is 5.58. The first-order chi connectivity index (χ1) is 6.45. The van der Waals surface area contributed by atoms with Gasteiger partial charge in [-0.15, -0.1) is 0 Å². The minimum Gasteiger partial charge on any atom is -1.00 e. The van der Waals surface area contributed by atoms with Crippen LogP contribution in [0.15, 0.2) is 60.7 Å². The molecular formula is C12H11KO. The first-order valence-corrected chi connectivity index (χ1v) is 4.23. The van der Waals surface area contributed by atoms with Crippen molar-refractivity contribution in [1.82, 2.24) is 0 Å². The molecule has 1 nitrogen and oxygen atoms in total. The first kappa shape index (κ1) is 11.9. The molecule has 0 aliphatic heterocycles. The van der Waals surface area contributed by atoms with Gasteiger partial charge in [-0.2, -0.15) is 0 Å². The molecule has 0 unspecified atom stereocenters. The van der Waals surface area contributed by atoms with Crippen LogP contribution in [-0.4, -0.2) is 0 Å². The number of rotatable bonds is 2. The monoisotopic (exact) mass is 210 g/mol. The Kier molecular flexibility index (Phi) is 5.44. The third-order valence-electron chi connectivity index (χ3n) is 1.72. The molecule has 0 N–H and O–H groups in total. The van der Waals surface area contributed by atoms with Crippen molar-refractivity contribution < 1.29 is 57.5 Å². The van der Waals surface area contributed by atoms with Gasteiger partial charge >= 0.3 is 51.4 Å². The van der Waals surface area contributed by atoms with E-state index in [2.05, 4.69) is 0 Å². The van der Waals surface area contributed by atoms with E-state index >= 15 is 0 Å². The molecule has 0 aromatic heterocycles. The number of para-hydroxylation sites is 2. The average molecular weight is 210 g/mol. The molecule has 0 saturated heterocycles. The fourth-order valence-corrected chi connectivity index (χ4v) is 1.11. The van der Waals surface area contributed by atoms with Gasteiger partial charge in [0.15, 0.2) is 0 Å². The molecule has 0 saturated carbocycles. The molecule has 2 heteroatoms. The van der Waals surface area contributed by atoms with E-state index < -0.39 is 0 Å². The van der Waals surface area contributed by atoms with Gasteiger partial charge in [-0.3, -0.25) is 0 Å². The molecule has 0 bridgehead atoms. The van der Waals surface area contributed by atoms with Crippen molar-refractivity contribution in [3.63, 3.8) is 0 Å². The van der Waals surface area contributed by atoms with E-state index in [1.165, 1.54) is 0 Å². The van der Waals surface area contributed by atoms with E-state index in [1.54, 1.807) is 0 Å². The summed E-state index contributed by atoms with van der Waals surface area (Å²) in [5, 5.41) is 0. The van der Waals surface area contributed by atoms with Gasteiger partial charge in [-0.1, -0.05) is 36.4 Å². The van der Waals surface area contributed by atoms with Crippen molar-refractivity contribution in [2.75, 3.05) is 0 Å². The molecule has 0 fully saturated rings. The van der Waals surface area contributed by atoms with Crippen molar-refractivity contribution in [3.05, 3.63) is 60.7 Å². The van der Waals surface area contributed by atoms with Crippen LogP contribution in [0, 0.1) is 0 Å². The molecule has 0 heterocycles. The maximum absolute atomic E-state index is 5.58. The molecule has 0 spiro atoms. The minimum atomic E-state index is 0. The summed E-state index contributed by atoms with van der Waals surface area (Å²) in [6.07, 6.45) is 0. The van der Waals surface area contributed by atoms with E-state index in [1.807, 2.05) is 60.7 Å². The minimum absolute atomic E-state index is 0. The smallest absolute Gasteiger partial charge is 1.00 e. The Labute approximate surface area is 128 Å². The summed E-state index contributed by atoms with van der Waals surface area (Å²) in [6, 6.07) is 19.5. The van der Waals surface area contributed by atoms with Gasteiger partial charge in [0.1, 0.15) is 11.5 Å². The van der Waals surface area contributed by atoms with Crippen molar-refractivity contribution in [2.24, 2.45) is 0 Å². The van der Waals surface area contributed by atoms with Crippen molar-refractivity contribution in [1.29, 1.82) is 0 Å². The van der Waals surface area contributed by atoms with Crippen LogP contribution in [0.2, 0.25) is 0 Å². The van der Waals surface area contributed by atoms with Gasteiger partial charge in [0.2, 0.25) is 0 Å². The van der Waals surface area contributed by atoms with Gasteiger partial charge < -0.3 is 6.16 Å². The summed E-state index contributed by atoms with van der Waals surface area (Å²) in [5.41, 5.74) is 0. The predicted octanol–water partition coefficient (Wildman–Crippen LogP) is 0.595. The summed E-state index contributed by atoms with van der Waals surface area (Å²) in [4.78, 5) is 0. The van der Waals surface area contributed by atoms with Gasteiger partial charge in [0, 0.05) is 0 Å². The SMILES string of the molecule is [H-].[K+].c1ccc(Oc2ccccc2)cc1. The standard InChI is InChI=1S/C12H10O.K.H/c1-3-7-11(8-4-1)13-12-9-5-2-6-10-12;;/h1-10H;;/q;+1;-1. The predicted molar refractivity (Wildman–Crippen MR) is 54.1 cm³/mol. The molecule has 0 aliphatic carbocycles. The topological polar surface area (TPSA) is 9.23 Å². The molecule has 0 amide bonds.